The van der Waals surface area contributed by atoms with Crippen LogP contribution < -0.4 is 5.56 Å². The van der Waals surface area contributed by atoms with E-state index in [-0.39, 0.29) is 5.56 Å². The van der Waals surface area contributed by atoms with E-state index in [9.17, 15) is 4.79 Å². The van der Waals surface area contributed by atoms with Crippen molar-refractivity contribution in [2.75, 3.05) is 0 Å². The number of hydrogen-bond acceptors (Lipinski definition) is 4. The molecule has 0 amide bonds. The maximum Gasteiger partial charge on any atom is 0.264 e. The molecule has 0 saturated heterocycles. The molecular weight excluding hydrogens is 337 g/mol. The first-order chi connectivity index (χ1) is 7.75. The molecule has 1 saturated carbocycles. The first-order valence-corrected chi connectivity index (χ1v) is 6.90. The Morgan fingerprint density at radius 3 is 2.94 bits per heavy atom. The minimum absolute atomic E-state index is 0.0408. The van der Waals surface area contributed by atoms with Crippen LogP contribution in [0.5, 0.6) is 0 Å². The van der Waals surface area contributed by atoms with Crippen molar-refractivity contribution in [3.05, 3.63) is 31.3 Å². The fourth-order valence-corrected chi connectivity index (χ4v) is 2.81. The standard InChI is InChI=1S/C10H8IN3OS/c11-7-8(5-1-2-5)13-9(14-10(7)15)6-3-12-4-16-6/h3-5H,1-2H2,(H,13,14,15). The van der Waals surface area contributed by atoms with Crippen LogP contribution in [0, 0.1) is 3.57 Å². The molecule has 2 aromatic rings. The summed E-state index contributed by atoms with van der Waals surface area (Å²) in [5, 5.41) is 0. The van der Waals surface area contributed by atoms with E-state index in [0.29, 0.717) is 11.7 Å². The number of H-pyrrole nitrogens is 1. The summed E-state index contributed by atoms with van der Waals surface area (Å²) in [5.74, 6) is 1.13. The number of halogens is 1. The molecule has 1 aliphatic rings. The van der Waals surface area contributed by atoms with Crippen LogP contribution in [-0.2, 0) is 0 Å². The van der Waals surface area contributed by atoms with Crippen LogP contribution in [0.1, 0.15) is 24.5 Å². The van der Waals surface area contributed by atoms with E-state index < -0.39 is 0 Å². The summed E-state index contributed by atoms with van der Waals surface area (Å²) in [5.41, 5.74) is 2.65. The lowest BCUT2D eigenvalue weighted by Gasteiger charge is -2.03. The van der Waals surface area contributed by atoms with Gasteiger partial charge in [0.05, 0.1) is 16.1 Å². The van der Waals surface area contributed by atoms with Crippen LogP contribution in [0.4, 0.5) is 0 Å². The molecule has 6 heteroatoms. The molecule has 0 unspecified atom stereocenters. The summed E-state index contributed by atoms with van der Waals surface area (Å²) in [6.45, 7) is 0. The van der Waals surface area contributed by atoms with Crippen molar-refractivity contribution in [2.24, 2.45) is 0 Å². The highest BCUT2D eigenvalue weighted by Crippen LogP contribution is 2.40. The third-order valence-corrected chi connectivity index (χ3v) is 4.34. The van der Waals surface area contributed by atoms with E-state index in [1.54, 1.807) is 11.7 Å². The Balaban J connectivity index is 2.17. The second kappa shape index (κ2) is 3.92. The van der Waals surface area contributed by atoms with E-state index in [2.05, 4.69) is 37.5 Å². The molecule has 0 aromatic carbocycles. The van der Waals surface area contributed by atoms with Crippen LogP contribution >= 0.6 is 33.9 Å². The van der Waals surface area contributed by atoms with Gasteiger partial charge in [-0.05, 0) is 35.4 Å². The Bertz CT molecular complexity index is 574. The Morgan fingerprint density at radius 2 is 2.31 bits per heavy atom. The predicted molar refractivity (Wildman–Crippen MR) is 70.7 cm³/mol. The van der Waals surface area contributed by atoms with Gasteiger partial charge in [-0.25, -0.2) is 4.98 Å². The second-order valence-corrected chi connectivity index (χ2v) is 5.72. The number of aromatic amines is 1. The van der Waals surface area contributed by atoms with Gasteiger partial charge in [0.15, 0.2) is 5.82 Å². The zero-order chi connectivity index (χ0) is 11.1. The number of rotatable bonds is 2. The zero-order valence-electron chi connectivity index (χ0n) is 8.24. The van der Waals surface area contributed by atoms with E-state index in [4.69, 9.17) is 0 Å². The molecule has 3 rings (SSSR count). The van der Waals surface area contributed by atoms with Crippen molar-refractivity contribution in [3.8, 4) is 10.7 Å². The molecule has 82 valence electrons. The summed E-state index contributed by atoms with van der Waals surface area (Å²) < 4.78 is 0.730. The Kier molecular flexibility index (Phi) is 2.55. The zero-order valence-corrected chi connectivity index (χ0v) is 11.2. The molecular formula is C10H8IN3OS. The summed E-state index contributed by atoms with van der Waals surface area (Å²) in [7, 11) is 0. The molecule has 1 fully saturated rings. The normalized spacial score (nSPS) is 15.3. The minimum Gasteiger partial charge on any atom is -0.305 e. The molecule has 2 aromatic heterocycles. The minimum atomic E-state index is -0.0408. The maximum atomic E-state index is 11.8. The number of hydrogen-bond donors (Lipinski definition) is 1. The summed E-state index contributed by atoms with van der Waals surface area (Å²) in [6.07, 6.45) is 4.02. The van der Waals surface area contributed by atoms with E-state index in [1.165, 1.54) is 11.3 Å². The molecule has 16 heavy (non-hydrogen) atoms. The highest BCUT2D eigenvalue weighted by Gasteiger charge is 2.29. The van der Waals surface area contributed by atoms with Crippen molar-refractivity contribution in [3.63, 3.8) is 0 Å². The van der Waals surface area contributed by atoms with Crippen LogP contribution in [0.15, 0.2) is 16.5 Å². The fraction of sp³-hybridized carbons (Fsp3) is 0.300. The largest absolute Gasteiger partial charge is 0.305 e. The van der Waals surface area contributed by atoms with Gasteiger partial charge in [0.2, 0.25) is 0 Å². The Morgan fingerprint density at radius 1 is 1.50 bits per heavy atom. The van der Waals surface area contributed by atoms with E-state index >= 15 is 0 Å². The Hall–Kier alpha value is -0.760. The summed E-state index contributed by atoms with van der Waals surface area (Å²) in [6, 6.07) is 0. The van der Waals surface area contributed by atoms with Crippen LogP contribution in [-0.4, -0.2) is 15.0 Å². The lowest BCUT2D eigenvalue weighted by molar-refractivity contribution is 0.960. The molecule has 1 aliphatic carbocycles. The van der Waals surface area contributed by atoms with Gasteiger partial charge in [0.1, 0.15) is 3.57 Å². The lowest BCUT2D eigenvalue weighted by atomic mass is 10.3. The average Bonchev–Trinajstić information content (AvgIpc) is 2.96. The van der Waals surface area contributed by atoms with Crippen LogP contribution in [0.25, 0.3) is 10.7 Å². The quantitative estimate of drug-likeness (QED) is 0.851. The van der Waals surface area contributed by atoms with Crippen molar-refractivity contribution < 1.29 is 0 Å². The fourth-order valence-electron chi connectivity index (χ4n) is 1.55. The van der Waals surface area contributed by atoms with E-state index in [1.807, 2.05) is 0 Å². The van der Waals surface area contributed by atoms with Crippen LogP contribution in [0.3, 0.4) is 0 Å². The van der Waals surface area contributed by atoms with Crippen molar-refractivity contribution in [1.29, 1.82) is 0 Å². The third kappa shape index (κ3) is 1.80. The first kappa shape index (κ1) is 10.4. The van der Waals surface area contributed by atoms with E-state index in [0.717, 1.165) is 27.0 Å². The SMILES string of the molecule is O=c1[nH]c(-c2cncs2)nc(C2CC2)c1I. The highest BCUT2D eigenvalue weighted by molar-refractivity contribution is 14.1. The molecule has 2 heterocycles. The lowest BCUT2D eigenvalue weighted by Crippen LogP contribution is -2.15. The van der Waals surface area contributed by atoms with Gasteiger partial charge in [-0.2, -0.15) is 0 Å². The molecule has 0 bridgehead atoms. The molecule has 0 atom stereocenters. The smallest absolute Gasteiger partial charge is 0.264 e. The predicted octanol–water partition coefficient (Wildman–Crippen LogP) is 2.38. The van der Waals surface area contributed by atoms with Gasteiger partial charge in [-0.3, -0.25) is 9.78 Å². The number of thiazole rings is 1. The van der Waals surface area contributed by atoms with Gasteiger partial charge in [0.25, 0.3) is 5.56 Å². The number of aromatic nitrogens is 3. The summed E-state index contributed by atoms with van der Waals surface area (Å²) in [4.78, 5) is 24.0. The van der Waals surface area contributed by atoms with Gasteiger partial charge < -0.3 is 4.98 Å². The molecule has 4 nitrogen and oxygen atoms in total. The number of nitrogens with one attached hydrogen (secondary N) is 1. The van der Waals surface area contributed by atoms with Crippen molar-refractivity contribution in [1.82, 2.24) is 15.0 Å². The highest BCUT2D eigenvalue weighted by atomic mass is 127. The number of nitrogens with zero attached hydrogens (tertiary/aromatic N) is 2. The topological polar surface area (TPSA) is 58.6 Å². The van der Waals surface area contributed by atoms with Crippen LogP contribution in [0.2, 0.25) is 0 Å². The second-order valence-electron chi connectivity index (χ2n) is 3.75. The van der Waals surface area contributed by atoms with Gasteiger partial charge in [0, 0.05) is 12.1 Å². The molecule has 1 N–H and O–H groups in total. The van der Waals surface area contributed by atoms with Crippen molar-refractivity contribution >= 4 is 33.9 Å². The molecule has 0 spiro atoms. The molecule has 0 radical (unpaired) electrons. The molecule has 0 aliphatic heterocycles. The average molecular weight is 345 g/mol. The Labute approximate surface area is 109 Å². The van der Waals surface area contributed by atoms with Gasteiger partial charge in [-0.1, -0.05) is 0 Å². The van der Waals surface area contributed by atoms with Gasteiger partial charge >= 0.3 is 0 Å². The van der Waals surface area contributed by atoms with Crippen molar-refractivity contribution in [2.45, 2.75) is 18.8 Å². The third-order valence-electron chi connectivity index (χ3n) is 2.52. The monoisotopic (exact) mass is 345 g/mol. The first-order valence-electron chi connectivity index (χ1n) is 4.94. The van der Waals surface area contributed by atoms with Gasteiger partial charge in [-0.15, -0.1) is 11.3 Å². The maximum absolute atomic E-state index is 11.8. The summed E-state index contributed by atoms with van der Waals surface area (Å²) >= 11 is 3.56.